The Morgan fingerprint density at radius 3 is 1.87 bits per heavy atom. The highest BCUT2D eigenvalue weighted by atomic mass is 16.4. The molecule has 0 saturated carbocycles. The van der Waals surface area contributed by atoms with Crippen LogP contribution in [0.3, 0.4) is 0 Å². The Balaban J connectivity index is 0. The van der Waals surface area contributed by atoms with Crippen LogP contribution in [-0.2, 0) is 14.4 Å². The van der Waals surface area contributed by atoms with E-state index in [1.165, 1.54) is 0 Å². The van der Waals surface area contributed by atoms with Crippen LogP contribution in [0.1, 0.15) is 86.0 Å². The molecule has 0 amide bonds. The van der Waals surface area contributed by atoms with Crippen molar-refractivity contribution in [2.45, 2.75) is 86.0 Å². The minimum atomic E-state index is -0.757. The molecule has 0 aliphatic rings. The van der Waals surface area contributed by atoms with Crippen molar-refractivity contribution in [3.63, 3.8) is 0 Å². The van der Waals surface area contributed by atoms with Gasteiger partial charge in [0.2, 0.25) is 0 Å². The molecule has 0 heterocycles. The van der Waals surface area contributed by atoms with Crippen LogP contribution in [0, 0.1) is 11.3 Å². The zero-order chi connectivity index (χ0) is 18.5. The lowest BCUT2D eigenvalue weighted by molar-refractivity contribution is -0.148. The van der Waals surface area contributed by atoms with Crippen molar-refractivity contribution in [3.8, 4) is 0 Å². The first-order valence-electron chi connectivity index (χ1n) is 8.49. The lowest BCUT2D eigenvalue weighted by Gasteiger charge is -2.23. The Labute approximate surface area is 140 Å². The summed E-state index contributed by atoms with van der Waals surface area (Å²) in [5.74, 6) is -0.644. The van der Waals surface area contributed by atoms with Crippen LogP contribution in [0.2, 0.25) is 0 Å². The smallest absolute Gasteiger partial charge is 0.309 e. The summed E-state index contributed by atoms with van der Waals surface area (Å²) >= 11 is 0. The molecule has 0 saturated heterocycles. The number of hydrogen-bond donors (Lipinski definition) is 2. The molecule has 0 aliphatic heterocycles. The van der Waals surface area contributed by atoms with E-state index in [2.05, 4.69) is 13.8 Å². The summed E-state index contributed by atoms with van der Waals surface area (Å²) in [6.45, 7) is 9.57. The van der Waals surface area contributed by atoms with Crippen molar-refractivity contribution < 1.29 is 24.6 Å². The second-order valence-electron chi connectivity index (χ2n) is 6.81. The number of carboxylic acid groups (broad SMARTS) is 2. The number of aliphatic carboxylic acids is 2. The van der Waals surface area contributed by atoms with E-state index in [1.54, 1.807) is 6.92 Å². The first-order valence-corrected chi connectivity index (χ1v) is 8.49. The van der Waals surface area contributed by atoms with Crippen LogP contribution in [0.5, 0.6) is 0 Å². The summed E-state index contributed by atoms with van der Waals surface area (Å²) < 4.78 is 0. The summed E-state index contributed by atoms with van der Waals surface area (Å²) in [6.07, 6.45) is 5.65. The van der Waals surface area contributed by atoms with Gasteiger partial charge in [-0.2, -0.15) is 0 Å². The van der Waals surface area contributed by atoms with Crippen molar-refractivity contribution in [1.82, 2.24) is 0 Å². The summed E-state index contributed by atoms with van der Waals surface area (Å²) in [4.78, 5) is 31.3. The molecule has 0 aromatic carbocycles. The fourth-order valence-corrected chi connectivity index (χ4v) is 1.87. The van der Waals surface area contributed by atoms with Gasteiger partial charge in [-0.1, -0.05) is 27.2 Å². The number of carboxylic acids is 2. The molecule has 0 aromatic rings. The Morgan fingerprint density at radius 1 is 1.00 bits per heavy atom. The monoisotopic (exact) mass is 330 g/mol. The van der Waals surface area contributed by atoms with Gasteiger partial charge in [-0.3, -0.25) is 9.59 Å². The van der Waals surface area contributed by atoms with E-state index in [-0.39, 0.29) is 12.2 Å². The third-order valence-corrected chi connectivity index (χ3v) is 3.99. The number of ketones is 1. The van der Waals surface area contributed by atoms with Crippen LogP contribution in [0.25, 0.3) is 0 Å². The van der Waals surface area contributed by atoms with Crippen LogP contribution in [0.4, 0.5) is 0 Å². The molecule has 1 atom stereocenters. The predicted octanol–water partition coefficient (Wildman–Crippen LogP) is 4.53. The Morgan fingerprint density at radius 2 is 1.52 bits per heavy atom. The van der Waals surface area contributed by atoms with E-state index in [0.717, 1.165) is 32.1 Å². The molecule has 0 bridgehead atoms. The number of Topliss-reactive ketones (excluding diaryl/α,β-unsaturated/α-hetero) is 1. The lowest BCUT2D eigenvalue weighted by atomic mass is 9.81. The molecule has 0 rings (SSSR count). The SMILES string of the molecule is CC(=O)CCCCCC(=O)O.CCC(C)(CCC(C)C)C(=O)O. The van der Waals surface area contributed by atoms with Gasteiger partial charge in [0.05, 0.1) is 5.41 Å². The average Bonchev–Trinajstić information content (AvgIpc) is 2.44. The van der Waals surface area contributed by atoms with Crippen LogP contribution >= 0.6 is 0 Å². The molecule has 136 valence electrons. The maximum Gasteiger partial charge on any atom is 0.309 e. The van der Waals surface area contributed by atoms with Gasteiger partial charge < -0.3 is 15.0 Å². The molecule has 2 N–H and O–H groups in total. The molecule has 0 spiro atoms. The fraction of sp³-hybridized carbons (Fsp3) is 0.833. The average molecular weight is 330 g/mol. The third kappa shape index (κ3) is 15.3. The Hall–Kier alpha value is -1.39. The van der Waals surface area contributed by atoms with Crippen LogP contribution in [0.15, 0.2) is 0 Å². The number of rotatable bonds is 11. The topological polar surface area (TPSA) is 91.7 Å². The lowest BCUT2D eigenvalue weighted by Crippen LogP contribution is -2.26. The maximum atomic E-state index is 10.9. The molecule has 5 heteroatoms. The van der Waals surface area contributed by atoms with Gasteiger partial charge in [0.25, 0.3) is 0 Å². The van der Waals surface area contributed by atoms with Crippen molar-refractivity contribution in [3.05, 3.63) is 0 Å². The number of carbonyl (C=O) groups is 3. The van der Waals surface area contributed by atoms with Crippen molar-refractivity contribution >= 4 is 17.7 Å². The third-order valence-electron chi connectivity index (χ3n) is 3.99. The van der Waals surface area contributed by atoms with Gasteiger partial charge in [0, 0.05) is 12.8 Å². The molecule has 0 fully saturated rings. The van der Waals surface area contributed by atoms with Crippen LogP contribution in [-0.4, -0.2) is 27.9 Å². The van der Waals surface area contributed by atoms with Crippen molar-refractivity contribution in [1.29, 1.82) is 0 Å². The van der Waals surface area contributed by atoms with E-state index in [9.17, 15) is 14.4 Å². The Bertz CT molecular complexity index is 346. The van der Waals surface area contributed by atoms with E-state index in [1.807, 2.05) is 13.8 Å². The fourth-order valence-electron chi connectivity index (χ4n) is 1.87. The molecule has 5 nitrogen and oxygen atoms in total. The minimum absolute atomic E-state index is 0.181. The number of carbonyl (C=O) groups excluding carboxylic acids is 1. The standard InChI is InChI=1S/C10H20O2.C8H14O3/c1-5-10(4,9(11)12)7-6-8(2)3;1-7(9)5-3-2-4-6-8(10)11/h8H,5-7H2,1-4H3,(H,11,12);2-6H2,1H3,(H,10,11). The van der Waals surface area contributed by atoms with E-state index >= 15 is 0 Å². The molecule has 0 radical (unpaired) electrons. The van der Waals surface area contributed by atoms with E-state index < -0.39 is 17.4 Å². The van der Waals surface area contributed by atoms with E-state index in [4.69, 9.17) is 10.2 Å². The molecule has 0 aromatic heterocycles. The van der Waals surface area contributed by atoms with Crippen molar-refractivity contribution in [2.24, 2.45) is 11.3 Å². The van der Waals surface area contributed by atoms with Gasteiger partial charge in [-0.15, -0.1) is 0 Å². The normalized spacial score (nSPS) is 13.0. The van der Waals surface area contributed by atoms with E-state index in [0.29, 0.717) is 18.8 Å². The van der Waals surface area contributed by atoms with Crippen molar-refractivity contribution in [2.75, 3.05) is 0 Å². The summed E-state index contributed by atoms with van der Waals surface area (Å²) in [5.41, 5.74) is -0.510. The molecule has 23 heavy (non-hydrogen) atoms. The van der Waals surface area contributed by atoms with Gasteiger partial charge in [0.15, 0.2) is 0 Å². The molecule has 0 aliphatic carbocycles. The second kappa shape index (κ2) is 13.1. The zero-order valence-corrected chi connectivity index (χ0v) is 15.4. The molecular weight excluding hydrogens is 296 g/mol. The quantitative estimate of drug-likeness (QED) is 0.543. The summed E-state index contributed by atoms with van der Waals surface area (Å²) in [7, 11) is 0. The maximum absolute atomic E-state index is 10.9. The van der Waals surface area contributed by atoms with Crippen LogP contribution < -0.4 is 0 Å². The molecule has 1 unspecified atom stereocenters. The Kier molecular flexibility index (Phi) is 13.6. The van der Waals surface area contributed by atoms with Gasteiger partial charge in [-0.25, -0.2) is 0 Å². The largest absolute Gasteiger partial charge is 0.481 e. The minimum Gasteiger partial charge on any atom is -0.481 e. The highest BCUT2D eigenvalue weighted by molar-refractivity contribution is 5.75. The number of unbranched alkanes of at least 4 members (excludes halogenated alkanes) is 2. The predicted molar refractivity (Wildman–Crippen MR) is 91.5 cm³/mol. The summed E-state index contributed by atoms with van der Waals surface area (Å²) in [6, 6.07) is 0. The summed E-state index contributed by atoms with van der Waals surface area (Å²) in [5, 5.41) is 17.2. The highest BCUT2D eigenvalue weighted by Gasteiger charge is 2.30. The molecular formula is C18H34O5. The van der Waals surface area contributed by atoms with Gasteiger partial charge in [-0.05, 0) is 51.9 Å². The zero-order valence-electron chi connectivity index (χ0n) is 15.4. The number of hydrogen-bond acceptors (Lipinski definition) is 3. The van der Waals surface area contributed by atoms with Gasteiger partial charge in [0.1, 0.15) is 5.78 Å². The second-order valence-corrected chi connectivity index (χ2v) is 6.81. The first-order chi connectivity index (χ1) is 10.5. The highest BCUT2D eigenvalue weighted by Crippen LogP contribution is 2.29. The van der Waals surface area contributed by atoms with Gasteiger partial charge >= 0.3 is 11.9 Å². The first kappa shape index (κ1) is 23.9.